The summed E-state index contributed by atoms with van der Waals surface area (Å²) in [6.45, 7) is -1.09. The van der Waals surface area contributed by atoms with E-state index in [1.165, 1.54) is 0 Å². The molecule has 2 saturated heterocycles. The van der Waals surface area contributed by atoms with Crippen molar-refractivity contribution in [3.63, 3.8) is 0 Å². The fourth-order valence-corrected chi connectivity index (χ4v) is 5.72. The summed E-state index contributed by atoms with van der Waals surface area (Å²) in [5, 5.41) is 49.6. The van der Waals surface area contributed by atoms with Gasteiger partial charge >= 0.3 is 5.69 Å². The zero-order valence-corrected chi connectivity index (χ0v) is 20.5. The monoisotopic (exact) mass is 580 g/mol. The maximum absolute atomic E-state index is 12.0. The highest BCUT2D eigenvalue weighted by molar-refractivity contribution is 7.80. The van der Waals surface area contributed by atoms with Crippen molar-refractivity contribution in [1.82, 2.24) is 9.55 Å². The van der Waals surface area contributed by atoms with Gasteiger partial charge in [0.15, 0.2) is 12.5 Å². The Hall–Kier alpha value is -0.990. The highest BCUT2D eigenvalue weighted by Gasteiger charge is 2.46. The van der Waals surface area contributed by atoms with Crippen molar-refractivity contribution in [2.24, 2.45) is 0 Å². The van der Waals surface area contributed by atoms with E-state index in [1.54, 1.807) is 0 Å². The molecule has 1 aromatic rings. The van der Waals surface area contributed by atoms with Gasteiger partial charge in [0, 0.05) is 18.0 Å². The van der Waals surface area contributed by atoms with Crippen LogP contribution in [0, 0.1) is 0 Å². The molecule has 11 atom stereocenters. The van der Waals surface area contributed by atoms with Crippen LogP contribution in [-0.2, 0) is 32.0 Å². The standard InChI is InChI=1S/C15H24N2O16P2S/c18-7-1-2-17(15(24)16-7)13-11(22)8(19)5(30-13)3-29-34(25,26)33-35(27,28)32-14-12(23)10(21)9(20)6(4-36)31-14/h1-2,5-6,8-14,19-23,36H,3-4H2,(H,25,26)(H,27,28)(H,16,18,24)/p-2. The van der Waals surface area contributed by atoms with Crippen LogP contribution in [-0.4, -0.2) is 96.5 Å². The molecule has 3 rings (SSSR count). The molecule has 0 bridgehead atoms. The SMILES string of the molecule is O=c1ccn(C2OC(COP(=O)([O-])OP(=O)([O-])OC3OC(CS)C(O)C(O)C3O)C(O)C2O)c(=O)[nH]1. The van der Waals surface area contributed by atoms with Crippen LogP contribution >= 0.6 is 28.3 Å². The maximum atomic E-state index is 12.0. The number of nitrogens with one attached hydrogen (secondary N) is 1. The summed E-state index contributed by atoms with van der Waals surface area (Å²) >= 11 is 3.83. The molecular weight excluding hydrogens is 558 g/mol. The first kappa shape index (κ1) is 29.6. The molecule has 2 aliphatic heterocycles. The molecule has 1 aromatic heterocycles. The van der Waals surface area contributed by atoms with Crippen molar-refractivity contribution in [3.05, 3.63) is 33.1 Å². The molecule has 36 heavy (non-hydrogen) atoms. The van der Waals surface area contributed by atoms with Gasteiger partial charge < -0.3 is 49.3 Å². The first-order valence-corrected chi connectivity index (χ1v) is 13.5. The van der Waals surface area contributed by atoms with E-state index in [9.17, 15) is 54.0 Å². The molecular formula is C15H22N2O16P2S-2. The molecule has 0 radical (unpaired) electrons. The predicted molar refractivity (Wildman–Crippen MR) is 111 cm³/mol. The highest BCUT2D eigenvalue weighted by Crippen LogP contribution is 2.57. The van der Waals surface area contributed by atoms with Crippen molar-refractivity contribution >= 4 is 28.3 Å². The Morgan fingerprint density at radius 2 is 1.61 bits per heavy atom. The lowest BCUT2D eigenvalue weighted by atomic mass is 10.0. The van der Waals surface area contributed by atoms with E-state index < -0.39 is 88.7 Å². The Morgan fingerprint density at radius 1 is 0.972 bits per heavy atom. The first-order chi connectivity index (χ1) is 16.7. The molecule has 206 valence electrons. The molecule has 11 unspecified atom stereocenters. The van der Waals surface area contributed by atoms with Crippen LogP contribution in [0.25, 0.3) is 0 Å². The van der Waals surface area contributed by atoms with Crippen LogP contribution in [0.5, 0.6) is 0 Å². The number of aliphatic hydroxyl groups excluding tert-OH is 5. The summed E-state index contributed by atoms with van der Waals surface area (Å²) in [5.41, 5.74) is -1.76. The quantitative estimate of drug-likeness (QED) is 0.106. The third-order valence-corrected chi connectivity index (χ3v) is 8.03. The van der Waals surface area contributed by atoms with Crippen LogP contribution in [0.4, 0.5) is 0 Å². The number of thiol groups is 1. The van der Waals surface area contributed by atoms with E-state index in [0.29, 0.717) is 4.57 Å². The van der Waals surface area contributed by atoms with Gasteiger partial charge in [-0.2, -0.15) is 12.6 Å². The van der Waals surface area contributed by atoms with E-state index in [2.05, 4.69) is 26.0 Å². The number of aromatic amines is 1. The molecule has 3 heterocycles. The molecule has 6 N–H and O–H groups in total. The van der Waals surface area contributed by atoms with Crippen LogP contribution in [0.15, 0.2) is 21.9 Å². The van der Waals surface area contributed by atoms with Crippen LogP contribution in [0.1, 0.15) is 6.23 Å². The topological polar surface area (TPSA) is 282 Å². The lowest BCUT2D eigenvalue weighted by Gasteiger charge is -2.42. The number of hydrogen-bond acceptors (Lipinski definition) is 17. The molecule has 0 spiro atoms. The van der Waals surface area contributed by atoms with Gasteiger partial charge in [0.25, 0.3) is 21.2 Å². The van der Waals surface area contributed by atoms with Crippen molar-refractivity contribution in [2.45, 2.75) is 55.2 Å². The lowest BCUT2D eigenvalue weighted by Crippen LogP contribution is -2.58. The molecule has 0 aromatic carbocycles. The summed E-state index contributed by atoms with van der Waals surface area (Å²) < 4.78 is 47.5. The Bertz CT molecular complexity index is 1130. The van der Waals surface area contributed by atoms with Crippen molar-refractivity contribution < 1.29 is 67.3 Å². The van der Waals surface area contributed by atoms with Crippen LogP contribution < -0.4 is 21.0 Å². The van der Waals surface area contributed by atoms with E-state index in [0.717, 1.165) is 12.3 Å². The van der Waals surface area contributed by atoms with Crippen molar-refractivity contribution in [2.75, 3.05) is 12.4 Å². The number of H-pyrrole nitrogens is 1. The van der Waals surface area contributed by atoms with E-state index in [4.69, 9.17) is 9.47 Å². The van der Waals surface area contributed by atoms with Crippen LogP contribution in [0.3, 0.4) is 0 Å². The maximum Gasteiger partial charge on any atom is 0.330 e. The summed E-state index contributed by atoms with van der Waals surface area (Å²) in [6.07, 6.45) is -15.0. The molecule has 2 fully saturated rings. The fraction of sp³-hybridized carbons (Fsp3) is 0.733. The third-order valence-electron chi connectivity index (χ3n) is 5.14. The zero-order valence-electron chi connectivity index (χ0n) is 17.8. The molecule has 18 nitrogen and oxygen atoms in total. The largest absolute Gasteiger partial charge is 0.756 e. The first-order valence-electron chi connectivity index (χ1n) is 9.96. The minimum atomic E-state index is -5.85. The van der Waals surface area contributed by atoms with Gasteiger partial charge in [0.05, 0.1) is 12.7 Å². The molecule has 2 aliphatic rings. The molecule has 0 aliphatic carbocycles. The average molecular weight is 580 g/mol. The number of rotatable bonds is 9. The van der Waals surface area contributed by atoms with Gasteiger partial charge in [0.1, 0.15) is 36.6 Å². The van der Waals surface area contributed by atoms with Crippen molar-refractivity contribution in [3.8, 4) is 0 Å². The number of aromatic nitrogens is 2. The number of phosphoric ester groups is 2. The Balaban J connectivity index is 1.61. The van der Waals surface area contributed by atoms with E-state index >= 15 is 0 Å². The second kappa shape index (κ2) is 11.4. The fourth-order valence-electron chi connectivity index (χ4n) is 3.34. The van der Waals surface area contributed by atoms with Gasteiger partial charge in [-0.15, -0.1) is 0 Å². The Morgan fingerprint density at radius 3 is 2.22 bits per heavy atom. The number of hydrogen-bond donors (Lipinski definition) is 7. The van der Waals surface area contributed by atoms with Gasteiger partial charge in [-0.25, -0.2) is 9.11 Å². The molecule has 0 amide bonds. The number of ether oxygens (including phenoxy) is 2. The second-order valence-corrected chi connectivity index (χ2v) is 10.9. The third kappa shape index (κ3) is 6.71. The van der Waals surface area contributed by atoms with Gasteiger partial charge in [-0.3, -0.25) is 28.0 Å². The predicted octanol–water partition coefficient (Wildman–Crippen LogP) is -5.12. The minimum absolute atomic E-state index is 0.236. The summed E-state index contributed by atoms with van der Waals surface area (Å²) in [5.74, 6) is -0.236. The summed E-state index contributed by atoms with van der Waals surface area (Å²) in [7, 11) is -11.6. The number of phosphoric acid groups is 2. The minimum Gasteiger partial charge on any atom is -0.756 e. The number of aliphatic hydroxyl groups is 5. The van der Waals surface area contributed by atoms with Crippen LogP contribution in [0.2, 0.25) is 0 Å². The smallest absolute Gasteiger partial charge is 0.330 e. The van der Waals surface area contributed by atoms with Gasteiger partial charge in [-0.05, 0) is 0 Å². The zero-order chi connectivity index (χ0) is 27.0. The average Bonchev–Trinajstić information content (AvgIpc) is 3.06. The van der Waals surface area contributed by atoms with E-state index in [1.807, 2.05) is 4.98 Å². The molecule has 0 saturated carbocycles. The number of nitrogens with zero attached hydrogens (tertiary/aromatic N) is 1. The Labute approximate surface area is 206 Å². The highest BCUT2D eigenvalue weighted by atomic mass is 32.1. The van der Waals surface area contributed by atoms with Gasteiger partial charge in [-0.1, -0.05) is 0 Å². The second-order valence-electron chi connectivity index (χ2n) is 7.64. The van der Waals surface area contributed by atoms with Crippen molar-refractivity contribution in [1.29, 1.82) is 0 Å². The summed E-state index contributed by atoms with van der Waals surface area (Å²) in [4.78, 5) is 49.0. The Kier molecular flexibility index (Phi) is 9.36. The molecule has 21 heteroatoms. The summed E-state index contributed by atoms with van der Waals surface area (Å²) in [6, 6.07) is 0.921. The van der Waals surface area contributed by atoms with E-state index in [-0.39, 0.29) is 5.75 Å². The van der Waals surface area contributed by atoms with Gasteiger partial charge in [0.2, 0.25) is 0 Å². The lowest BCUT2D eigenvalue weighted by molar-refractivity contribution is -0.298. The normalized spacial score (nSPS) is 38.4.